The number of rotatable bonds is 8. The summed E-state index contributed by atoms with van der Waals surface area (Å²) >= 11 is 0. The zero-order chi connectivity index (χ0) is 19.3. The van der Waals surface area contributed by atoms with Crippen LogP contribution < -0.4 is 0 Å². The molecule has 25 heavy (non-hydrogen) atoms. The van der Waals surface area contributed by atoms with E-state index in [-0.39, 0.29) is 10.8 Å². The lowest BCUT2D eigenvalue weighted by Gasteiger charge is -2.28. The number of benzene rings is 1. The van der Waals surface area contributed by atoms with Gasteiger partial charge in [0.15, 0.2) is 0 Å². The van der Waals surface area contributed by atoms with Gasteiger partial charge in [0.25, 0.3) is 0 Å². The van der Waals surface area contributed by atoms with Crippen LogP contribution in [0.1, 0.15) is 111 Å². The quantitative estimate of drug-likeness (QED) is 0.482. The Balaban J connectivity index is 2.89. The maximum absolute atomic E-state index is 10.8. The van der Waals surface area contributed by atoms with Crippen molar-refractivity contribution < 1.29 is 5.11 Å². The molecule has 1 atom stereocenters. The van der Waals surface area contributed by atoms with Gasteiger partial charge in [0, 0.05) is 0 Å². The molecule has 0 fully saturated rings. The minimum Gasteiger partial charge on any atom is -0.507 e. The summed E-state index contributed by atoms with van der Waals surface area (Å²) in [6.07, 6.45) is 9.12. The fourth-order valence-corrected chi connectivity index (χ4v) is 3.46. The molecule has 0 aromatic heterocycles. The number of phenols is 1. The van der Waals surface area contributed by atoms with E-state index in [2.05, 4.69) is 67.5 Å². The molecule has 0 spiro atoms. The number of aromatic hydroxyl groups is 1. The van der Waals surface area contributed by atoms with Crippen molar-refractivity contribution in [1.82, 2.24) is 0 Å². The number of hydrogen-bond acceptors (Lipinski definition) is 1. The van der Waals surface area contributed by atoms with Gasteiger partial charge in [0.2, 0.25) is 0 Å². The SMILES string of the molecule is CCCCCCC(C)CCc1cc(C(C)(C)C)c(O)c(C(C)(C)C)c1. The molecule has 0 amide bonds. The standard InChI is InChI=1S/C24H42O/c1-9-10-11-12-13-18(2)14-15-19-16-20(23(3,4)5)22(25)21(17-19)24(6,7)8/h16-18,25H,9-15H2,1-8H3. The molecule has 1 rings (SSSR count). The zero-order valence-electron chi connectivity index (χ0n) is 18.1. The van der Waals surface area contributed by atoms with Crippen molar-refractivity contribution in [3.8, 4) is 5.75 Å². The lowest BCUT2D eigenvalue weighted by Crippen LogP contribution is -2.18. The number of hydrogen-bond donors (Lipinski definition) is 1. The van der Waals surface area contributed by atoms with Gasteiger partial charge in [0.1, 0.15) is 5.75 Å². The summed E-state index contributed by atoms with van der Waals surface area (Å²) in [4.78, 5) is 0. The minimum absolute atomic E-state index is 0.0359. The molecule has 0 saturated carbocycles. The van der Waals surface area contributed by atoms with Gasteiger partial charge in [0.05, 0.1) is 0 Å². The third-order valence-electron chi connectivity index (χ3n) is 5.26. The van der Waals surface area contributed by atoms with Gasteiger partial charge in [-0.25, -0.2) is 0 Å². The summed E-state index contributed by atoms with van der Waals surface area (Å²) in [5.74, 6) is 1.28. The van der Waals surface area contributed by atoms with Crippen molar-refractivity contribution in [2.45, 2.75) is 111 Å². The molecule has 0 bridgehead atoms. The summed E-state index contributed by atoms with van der Waals surface area (Å²) < 4.78 is 0. The Labute approximate surface area is 157 Å². The Kier molecular flexibility index (Phi) is 8.03. The summed E-state index contributed by atoms with van der Waals surface area (Å²) in [5, 5.41) is 10.8. The highest BCUT2D eigenvalue weighted by atomic mass is 16.3. The largest absolute Gasteiger partial charge is 0.507 e. The van der Waals surface area contributed by atoms with E-state index < -0.39 is 0 Å². The molecular weight excluding hydrogens is 304 g/mol. The first-order valence-electron chi connectivity index (χ1n) is 10.3. The van der Waals surface area contributed by atoms with Gasteiger partial charge < -0.3 is 5.11 Å². The van der Waals surface area contributed by atoms with Crippen LogP contribution >= 0.6 is 0 Å². The van der Waals surface area contributed by atoms with Crippen molar-refractivity contribution in [3.63, 3.8) is 0 Å². The van der Waals surface area contributed by atoms with E-state index in [9.17, 15) is 5.11 Å². The highest BCUT2D eigenvalue weighted by Gasteiger charge is 2.26. The molecule has 0 aliphatic heterocycles. The van der Waals surface area contributed by atoms with E-state index in [1.165, 1.54) is 44.1 Å². The van der Waals surface area contributed by atoms with Crippen molar-refractivity contribution in [3.05, 3.63) is 28.8 Å². The third-order valence-corrected chi connectivity index (χ3v) is 5.26. The van der Waals surface area contributed by atoms with Crippen LogP contribution in [0.3, 0.4) is 0 Å². The number of aryl methyl sites for hydroxylation is 1. The van der Waals surface area contributed by atoms with E-state index in [4.69, 9.17) is 0 Å². The molecule has 1 heteroatoms. The van der Waals surface area contributed by atoms with Crippen molar-refractivity contribution in [2.24, 2.45) is 5.92 Å². The van der Waals surface area contributed by atoms with E-state index in [1.54, 1.807) is 0 Å². The first kappa shape index (κ1) is 22.1. The van der Waals surface area contributed by atoms with Crippen LogP contribution in [0.15, 0.2) is 12.1 Å². The van der Waals surface area contributed by atoms with Crippen LogP contribution in [-0.4, -0.2) is 5.11 Å². The topological polar surface area (TPSA) is 20.2 Å². The van der Waals surface area contributed by atoms with Crippen molar-refractivity contribution >= 4 is 0 Å². The van der Waals surface area contributed by atoms with Crippen LogP contribution in [-0.2, 0) is 17.3 Å². The van der Waals surface area contributed by atoms with Crippen LogP contribution in [0, 0.1) is 5.92 Å². The highest BCUT2D eigenvalue weighted by Crippen LogP contribution is 2.40. The first-order valence-corrected chi connectivity index (χ1v) is 10.3. The molecule has 1 aromatic carbocycles. The van der Waals surface area contributed by atoms with Crippen molar-refractivity contribution in [2.75, 3.05) is 0 Å². The third kappa shape index (κ3) is 7.04. The van der Waals surface area contributed by atoms with Crippen molar-refractivity contribution in [1.29, 1.82) is 0 Å². The molecule has 144 valence electrons. The van der Waals surface area contributed by atoms with Gasteiger partial charge in [-0.2, -0.15) is 0 Å². The monoisotopic (exact) mass is 346 g/mol. The Morgan fingerprint density at radius 3 is 1.80 bits per heavy atom. The fraction of sp³-hybridized carbons (Fsp3) is 0.750. The Morgan fingerprint density at radius 2 is 1.36 bits per heavy atom. The minimum atomic E-state index is -0.0359. The second-order valence-electron chi connectivity index (χ2n) is 10.0. The van der Waals surface area contributed by atoms with Gasteiger partial charge in [-0.1, -0.05) is 99.6 Å². The molecule has 0 aliphatic rings. The van der Waals surface area contributed by atoms with E-state index in [0.29, 0.717) is 5.75 Å². The molecule has 0 aliphatic carbocycles. The van der Waals surface area contributed by atoms with Gasteiger partial charge in [-0.3, -0.25) is 0 Å². The fourth-order valence-electron chi connectivity index (χ4n) is 3.46. The summed E-state index contributed by atoms with van der Waals surface area (Å²) in [6.45, 7) is 17.8. The Hall–Kier alpha value is -0.980. The van der Waals surface area contributed by atoms with E-state index >= 15 is 0 Å². The average molecular weight is 347 g/mol. The van der Waals surface area contributed by atoms with Crippen LogP contribution in [0.4, 0.5) is 0 Å². The summed E-state index contributed by atoms with van der Waals surface area (Å²) in [7, 11) is 0. The molecule has 0 radical (unpaired) electrons. The molecule has 0 heterocycles. The van der Waals surface area contributed by atoms with Crippen LogP contribution in [0.5, 0.6) is 5.75 Å². The summed E-state index contributed by atoms with van der Waals surface area (Å²) in [5.41, 5.74) is 3.49. The van der Waals surface area contributed by atoms with E-state index in [1.807, 2.05) is 0 Å². The zero-order valence-corrected chi connectivity index (χ0v) is 18.1. The number of phenolic OH excluding ortho intramolecular Hbond substituents is 1. The molecule has 1 nitrogen and oxygen atoms in total. The Bertz CT molecular complexity index is 493. The first-order chi connectivity index (χ1) is 11.5. The van der Waals surface area contributed by atoms with Crippen LogP contribution in [0.2, 0.25) is 0 Å². The second-order valence-corrected chi connectivity index (χ2v) is 10.0. The van der Waals surface area contributed by atoms with Crippen LogP contribution in [0.25, 0.3) is 0 Å². The lowest BCUT2D eigenvalue weighted by molar-refractivity contribution is 0.421. The molecule has 1 aromatic rings. The Morgan fingerprint density at radius 1 is 0.840 bits per heavy atom. The molecule has 1 unspecified atom stereocenters. The summed E-state index contributed by atoms with van der Waals surface area (Å²) in [6, 6.07) is 4.49. The maximum atomic E-state index is 10.8. The predicted octanol–water partition coefficient (Wildman–Crippen LogP) is 7.53. The highest BCUT2D eigenvalue weighted by molar-refractivity contribution is 5.49. The maximum Gasteiger partial charge on any atom is 0.123 e. The predicted molar refractivity (Wildman–Crippen MR) is 112 cm³/mol. The van der Waals surface area contributed by atoms with Gasteiger partial charge >= 0.3 is 0 Å². The van der Waals surface area contributed by atoms with Gasteiger partial charge in [-0.05, 0) is 46.3 Å². The molecule has 0 saturated heterocycles. The second kappa shape index (κ2) is 9.10. The van der Waals surface area contributed by atoms with E-state index in [0.717, 1.165) is 23.5 Å². The normalized spacial score (nSPS) is 13.9. The average Bonchev–Trinajstić information content (AvgIpc) is 2.48. The smallest absolute Gasteiger partial charge is 0.123 e. The molecular formula is C24H42O. The number of unbranched alkanes of at least 4 members (excludes halogenated alkanes) is 3. The van der Waals surface area contributed by atoms with Gasteiger partial charge in [-0.15, -0.1) is 0 Å². The molecule has 1 N–H and O–H groups in total. The lowest BCUT2D eigenvalue weighted by atomic mass is 9.78.